The predicted molar refractivity (Wildman–Crippen MR) is 176 cm³/mol. The first kappa shape index (κ1) is 25.6. The molecule has 0 unspecified atom stereocenters. The van der Waals surface area contributed by atoms with E-state index >= 15 is 0 Å². The zero-order valence-electron chi connectivity index (χ0n) is 23.7. The van der Waals surface area contributed by atoms with Crippen LogP contribution in [-0.4, -0.2) is 29.8 Å². The monoisotopic (exact) mass is 566 g/mol. The minimum absolute atomic E-state index is 0.655. The summed E-state index contributed by atoms with van der Waals surface area (Å²) in [6, 6.07) is 53.4. The summed E-state index contributed by atoms with van der Waals surface area (Å²) in [5.74, 6) is 1.31. The van der Waals surface area contributed by atoms with E-state index in [0.29, 0.717) is 11.6 Å². The van der Waals surface area contributed by atoms with Gasteiger partial charge in [-0.05, 0) is 12.1 Å². The molecule has 208 valence electrons. The second-order valence-electron chi connectivity index (χ2n) is 10.5. The van der Waals surface area contributed by atoms with Gasteiger partial charge in [0.1, 0.15) is 0 Å². The van der Waals surface area contributed by atoms with Gasteiger partial charge < -0.3 is 0 Å². The van der Waals surface area contributed by atoms with Crippen LogP contribution in [-0.2, 0) is 0 Å². The highest BCUT2D eigenvalue weighted by atomic mass is 15.4. The Labute approximate surface area is 254 Å². The molecule has 0 aliphatic rings. The highest BCUT2D eigenvalue weighted by Crippen LogP contribution is 2.34. The molecule has 8 aromatic rings. The Balaban J connectivity index is 1.35. The quantitative estimate of drug-likeness (QED) is 0.202. The van der Waals surface area contributed by atoms with Crippen LogP contribution >= 0.6 is 0 Å². The van der Waals surface area contributed by atoms with Gasteiger partial charge in [0.2, 0.25) is 0 Å². The molecule has 0 radical (unpaired) electrons. The van der Waals surface area contributed by atoms with Crippen LogP contribution in [0.1, 0.15) is 0 Å². The minimum Gasteiger partial charge on any atom is -0.212 e. The van der Waals surface area contributed by atoms with Gasteiger partial charge in [-0.25, -0.2) is 9.36 Å². The SMILES string of the molecule is c1ccc(-c2cc(-c3ccccc3)n(-c3nnc(-n4nc(-c5ccccc5)cc4-c4ccccc4)c4ccccc34)n2)cc1. The van der Waals surface area contributed by atoms with Crippen LogP contribution in [0.2, 0.25) is 0 Å². The normalized spacial score (nSPS) is 11.2. The van der Waals surface area contributed by atoms with Crippen LogP contribution in [0, 0.1) is 0 Å². The lowest BCUT2D eigenvalue weighted by Gasteiger charge is -2.13. The summed E-state index contributed by atoms with van der Waals surface area (Å²) in [5.41, 5.74) is 7.77. The lowest BCUT2D eigenvalue weighted by Crippen LogP contribution is -2.09. The average Bonchev–Trinajstić information content (AvgIpc) is 3.75. The smallest absolute Gasteiger partial charge is 0.184 e. The third-order valence-electron chi connectivity index (χ3n) is 7.75. The molecule has 3 aromatic heterocycles. The molecule has 0 saturated heterocycles. The third-order valence-corrected chi connectivity index (χ3v) is 7.75. The predicted octanol–water partition coefficient (Wildman–Crippen LogP) is 8.67. The fraction of sp³-hybridized carbons (Fsp3) is 0. The second-order valence-corrected chi connectivity index (χ2v) is 10.5. The molecule has 8 rings (SSSR count). The van der Waals surface area contributed by atoms with Crippen molar-refractivity contribution in [3.8, 4) is 56.7 Å². The Morgan fingerprint density at radius 3 is 1.02 bits per heavy atom. The molecule has 0 aliphatic heterocycles. The summed E-state index contributed by atoms with van der Waals surface area (Å²) in [4.78, 5) is 0. The summed E-state index contributed by atoms with van der Waals surface area (Å²) in [7, 11) is 0. The molecule has 0 atom stereocenters. The minimum atomic E-state index is 0.655. The molecule has 0 amide bonds. The van der Waals surface area contributed by atoms with E-state index in [1.165, 1.54) is 0 Å². The Morgan fingerprint density at radius 1 is 0.341 bits per heavy atom. The number of aromatic nitrogens is 6. The number of hydrogen-bond donors (Lipinski definition) is 0. The molecule has 0 saturated carbocycles. The van der Waals surface area contributed by atoms with Gasteiger partial charge >= 0.3 is 0 Å². The summed E-state index contributed by atoms with van der Waals surface area (Å²) in [6.07, 6.45) is 0. The zero-order valence-corrected chi connectivity index (χ0v) is 23.7. The fourth-order valence-corrected chi connectivity index (χ4v) is 5.60. The van der Waals surface area contributed by atoms with Gasteiger partial charge in [0, 0.05) is 33.0 Å². The van der Waals surface area contributed by atoms with E-state index in [-0.39, 0.29) is 0 Å². The summed E-state index contributed by atoms with van der Waals surface area (Å²) in [6.45, 7) is 0. The van der Waals surface area contributed by atoms with E-state index < -0.39 is 0 Å². The van der Waals surface area contributed by atoms with Crippen LogP contribution in [0.3, 0.4) is 0 Å². The van der Waals surface area contributed by atoms with Gasteiger partial charge in [0.05, 0.1) is 22.8 Å². The van der Waals surface area contributed by atoms with Crippen molar-refractivity contribution in [1.29, 1.82) is 0 Å². The Bertz CT molecular complexity index is 2040. The van der Waals surface area contributed by atoms with Crippen molar-refractivity contribution in [1.82, 2.24) is 29.8 Å². The molecule has 0 aliphatic carbocycles. The lowest BCUT2D eigenvalue weighted by atomic mass is 10.1. The number of nitrogens with zero attached hydrogens (tertiary/aromatic N) is 6. The van der Waals surface area contributed by atoms with Crippen molar-refractivity contribution >= 4 is 10.8 Å². The van der Waals surface area contributed by atoms with E-state index in [0.717, 1.165) is 55.8 Å². The number of rotatable bonds is 6. The molecule has 0 bridgehead atoms. The van der Waals surface area contributed by atoms with Crippen LogP contribution in [0.4, 0.5) is 0 Å². The van der Waals surface area contributed by atoms with E-state index in [1.807, 2.05) is 94.3 Å². The summed E-state index contributed by atoms with van der Waals surface area (Å²) in [5, 5.41) is 21.7. The number of benzene rings is 5. The van der Waals surface area contributed by atoms with Crippen molar-refractivity contribution < 1.29 is 0 Å². The van der Waals surface area contributed by atoms with Gasteiger partial charge in [-0.3, -0.25) is 0 Å². The average molecular weight is 567 g/mol. The third kappa shape index (κ3) is 4.55. The summed E-state index contributed by atoms with van der Waals surface area (Å²) >= 11 is 0. The molecule has 5 aromatic carbocycles. The standard InChI is InChI=1S/C38H26N6/c1-5-15-27(16-6-1)33-25-35(29-19-9-3-10-20-29)43(41-33)37-31-23-13-14-24-32(31)38(40-39-37)44-36(30-21-11-4-12-22-30)26-34(42-44)28-17-7-2-8-18-28/h1-26H. The largest absolute Gasteiger partial charge is 0.212 e. The first-order chi connectivity index (χ1) is 21.8. The van der Waals surface area contributed by atoms with Crippen LogP contribution in [0.5, 0.6) is 0 Å². The summed E-state index contributed by atoms with van der Waals surface area (Å²) < 4.78 is 3.82. The molecule has 0 fully saturated rings. The van der Waals surface area contributed by atoms with Crippen LogP contribution in [0.15, 0.2) is 158 Å². The van der Waals surface area contributed by atoms with Gasteiger partial charge in [0.15, 0.2) is 11.6 Å². The van der Waals surface area contributed by atoms with E-state index in [9.17, 15) is 0 Å². The number of hydrogen-bond acceptors (Lipinski definition) is 4. The molecule has 6 heteroatoms. The second kappa shape index (κ2) is 10.9. The van der Waals surface area contributed by atoms with Gasteiger partial charge in [-0.2, -0.15) is 10.2 Å². The molecule has 44 heavy (non-hydrogen) atoms. The van der Waals surface area contributed by atoms with Crippen molar-refractivity contribution in [3.63, 3.8) is 0 Å². The van der Waals surface area contributed by atoms with E-state index in [1.54, 1.807) is 0 Å². The molecular formula is C38H26N6. The number of fused-ring (bicyclic) bond motifs is 1. The topological polar surface area (TPSA) is 61.4 Å². The van der Waals surface area contributed by atoms with Gasteiger partial charge in [0.25, 0.3) is 0 Å². The maximum absolute atomic E-state index is 5.08. The highest BCUT2D eigenvalue weighted by Gasteiger charge is 2.21. The van der Waals surface area contributed by atoms with E-state index in [4.69, 9.17) is 20.4 Å². The molecule has 3 heterocycles. The van der Waals surface area contributed by atoms with Gasteiger partial charge in [-0.15, -0.1) is 10.2 Å². The highest BCUT2D eigenvalue weighted by molar-refractivity contribution is 5.94. The zero-order chi connectivity index (χ0) is 29.3. The first-order valence-electron chi connectivity index (χ1n) is 14.5. The molecule has 0 spiro atoms. The van der Waals surface area contributed by atoms with Crippen molar-refractivity contribution in [2.24, 2.45) is 0 Å². The van der Waals surface area contributed by atoms with E-state index in [2.05, 4.69) is 72.8 Å². The Kier molecular flexibility index (Phi) is 6.35. The van der Waals surface area contributed by atoms with Crippen LogP contribution in [0.25, 0.3) is 67.4 Å². The Hall–Kier alpha value is -6.14. The maximum Gasteiger partial charge on any atom is 0.184 e. The van der Waals surface area contributed by atoms with Crippen molar-refractivity contribution in [3.05, 3.63) is 158 Å². The first-order valence-corrected chi connectivity index (χ1v) is 14.5. The van der Waals surface area contributed by atoms with Crippen LogP contribution < -0.4 is 0 Å². The van der Waals surface area contributed by atoms with Crippen molar-refractivity contribution in [2.75, 3.05) is 0 Å². The lowest BCUT2D eigenvalue weighted by molar-refractivity contribution is 0.795. The fourth-order valence-electron chi connectivity index (χ4n) is 5.60. The maximum atomic E-state index is 5.08. The molecule has 6 nitrogen and oxygen atoms in total. The molecular weight excluding hydrogens is 540 g/mol. The molecule has 0 N–H and O–H groups in total. The van der Waals surface area contributed by atoms with Gasteiger partial charge in [-0.1, -0.05) is 146 Å². The van der Waals surface area contributed by atoms with Crippen molar-refractivity contribution in [2.45, 2.75) is 0 Å². The Morgan fingerprint density at radius 2 is 0.659 bits per heavy atom.